The number of hydrogen-bond acceptors (Lipinski definition) is 4. The van der Waals surface area contributed by atoms with Crippen LogP contribution in [-0.4, -0.2) is 20.2 Å². The fraction of sp³-hybridized carbons (Fsp3) is 0.417. The zero-order valence-electron chi connectivity index (χ0n) is 10.9. The van der Waals surface area contributed by atoms with Crippen molar-refractivity contribution in [3.05, 3.63) is 31.3 Å². The molecule has 7 heteroatoms. The van der Waals surface area contributed by atoms with E-state index in [0.29, 0.717) is 16.3 Å². The quantitative estimate of drug-likeness (QED) is 0.916. The van der Waals surface area contributed by atoms with E-state index in [1.165, 1.54) is 23.0 Å². The summed E-state index contributed by atoms with van der Waals surface area (Å²) in [6.07, 6.45) is 0.729. The largest absolute Gasteiger partial charge is 0.478 e. The Balaban J connectivity index is 3.07. The average Bonchev–Trinajstić information content (AvgIpc) is 2.69. The molecule has 2 aromatic heterocycles. The van der Waals surface area contributed by atoms with E-state index in [4.69, 9.17) is 0 Å². The number of carboxylic acids is 1. The first-order chi connectivity index (χ1) is 8.90. The topological polar surface area (TPSA) is 81.3 Å². The van der Waals surface area contributed by atoms with E-state index in [2.05, 4.69) is 0 Å². The van der Waals surface area contributed by atoms with Gasteiger partial charge in [0.25, 0.3) is 5.56 Å². The van der Waals surface area contributed by atoms with E-state index >= 15 is 0 Å². The average molecular weight is 282 g/mol. The van der Waals surface area contributed by atoms with Crippen LogP contribution in [0.25, 0.3) is 10.2 Å². The lowest BCUT2D eigenvalue weighted by Crippen LogP contribution is -2.38. The van der Waals surface area contributed by atoms with Crippen LogP contribution < -0.4 is 11.2 Å². The smallest absolute Gasteiger partial charge is 0.337 e. The van der Waals surface area contributed by atoms with E-state index in [1.807, 2.05) is 6.92 Å². The highest BCUT2D eigenvalue weighted by Crippen LogP contribution is 2.27. The van der Waals surface area contributed by atoms with Crippen molar-refractivity contribution < 1.29 is 9.90 Å². The van der Waals surface area contributed by atoms with E-state index in [9.17, 15) is 19.5 Å². The molecule has 0 saturated carbocycles. The zero-order chi connectivity index (χ0) is 14.3. The van der Waals surface area contributed by atoms with Crippen molar-refractivity contribution in [2.45, 2.75) is 26.8 Å². The second-order valence-electron chi connectivity index (χ2n) is 4.32. The number of carbonyl (C=O) groups is 1. The number of hydrogen-bond donors (Lipinski definition) is 1. The minimum Gasteiger partial charge on any atom is -0.478 e. The van der Waals surface area contributed by atoms with Crippen molar-refractivity contribution in [3.8, 4) is 0 Å². The number of fused-ring (bicyclic) bond motifs is 1. The maximum absolute atomic E-state index is 12.1. The van der Waals surface area contributed by atoms with Crippen molar-refractivity contribution in [2.75, 3.05) is 0 Å². The minimum absolute atomic E-state index is 0.00505. The molecule has 0 spiro atoms. The molecule has 0 aliphatic heterocycles. The van der Waals surface area contributed by atoms with Gasteiger partial charge >= 0.3 is 11.7 Å². The number of nitrogens with zero attached hydrogens (tertiary/aromatic N) is 2. The second-order valence-corrected chi connectivity index (χ2v) is 5.52. The van der Waals surface area contributed by atoms with Gasteiger partial charge in [-0.05, 0) is 13.3 Å². The first-order valence-corrected chi connectivity index (χ1v) is 6.68. The summed E-state index contributed by atoms with van der Waals surface area (Å²) in [4.78, 5) is 36.5. The number of carboxylic acid groups (broad SMARTS) is 1. The van der Waals surface area contributed by atoms with Gasteiger partial charge in [0.2, 0.25) is 0 Å². The maximum Gasteiger partial charge on any atom is 0.337 e. The Labute approximate surface area is 112 Å². The summed E-state index contributed by atoms with van der Waals surface area (Å²) >= 11 is 1.18. The Morgan fingerprint density at radius 1 is 1.37 bits per heavy atom. The molecule has 2 rings (SSSR count). The van der Waals surface area contributed by atoms with Crippen LogP contribution in [0.1, 0.15) is 28.6 Å². The molecule has 6 nitrogen and oxygen atoms in total. The Morgan fingerprint density at radius 2 is 2.00 bits per heavy atom. The Hall–Kier alpha value is -1.89. The summed E-state index contributed by atoms with van der Waals surface area (Å²) in [5, 5.41) is 9.36. The van der Waals surface area contributed by atoms with Crippen LogP contribution in [0, 0.1) is 6.92 Å². The van der Waals surface area contributed by atoms with Crippen LogP contribution in [-0.2, 0) is 13.6 Å². The lowest BCUT2D eigenvalue weighted by atomic mass is 10.2. The molecule has 2 aromatic rings. The molecular formula is C12H14N2O4S. The fourth-order valence-corrected chi connectivity index (χ4v) is 3.27. The molecule has 1 N–H and O–H groups in total. The summed E-state index contributed by atoms with van der Waals surface area (Å²) < 4.78 is 2.44. The monoisotopic (exact) mass is 282 g/mol. The minimum atomic E-state index is -1.14. The second kappa shape index (κ2) is 4.65. The molecule has 19 heavy (non-hydrogen) atoms. The molecule has 0 unspecified atom stereocenters. The fourth-order valence-electron chi connectivity index (χ4n) is 2.12. The number of aromatic nitrogens is 2. The van der Waals surface area contributed by atoms with Gasteiger partial charge in [0, 0.05) is 18.5 Å². The van der Waals surface area contributed by atoms with Crippen LogP contribution in [0.2, 0.25) is 0 Å². The number of rotatable bonds is 3. The Kier molecular flexibility index (Phi) is 3.32. The first kappa shape index (κ1) is 13.5. The van der Waals surface area contributed by atoms with Gasteiger partial charge < -0.3 is 5.11 Å². The van der Waals surface area contributed by atoms with E-state index in [1.54, 1.807) is 6.92 Å². The summed E-state index contributed by atoms with van der Waals surface area (Å²) in [5.74, 6) is -1.14. The molecule has 0 aromatic carbocycles. The third-order valence-electron chi connectivity index (χ3n) is 3.01. The van der Waals surface area contributed by atoms with Crippen LogP contribution in [0.3, 0.4) is 0 Å². The summed E-state index contributed by atoms with van der Waals surface area (Å²) in [6, 6.07) is 0. The van der Waals surface area contributed by atoms with Gasteiger partial charge in [-0.1, -0.05) is 6.92 Å². The van der Waals surface area contributed by atoms with Crippen molar-refractivity contribution in [2.24, 2.45) is 7.05 Å². The molecule has 102 valence electrons. The standard InChI is InChI=1S/C12H14N2O4S/c1-4-5-14-10-8(9(15)13(3)12(14)18)7(11(16)17)6(2)19-10/h4-5H2,1-3H3,(H,16,17). The molecule has 0 atom stereocenters. The predicted octanol–water partition coefficient (Wildman–Crippen LogP) is 1.18. The van der Waals surface area contributed by atoms with Crippen LogP contribution >= 0.6 is 11.3 Å². The first-order valence-electron chi connectivity index (χ1n) is 5.86. The van der Waals surface area contributed by atoms with E-state index in [-0.39, 0.29) is 10.9 Å². The van der Waals surface area contributed by atoms with Crippen LogP contribution in [0.5, 0.6) is 0 Å². The number of aromatic carboxylic acids is 1. The van der Waals surface area contributed by atoms with Crippen molar-refractivity contribution >= 4 is 27.5 Å². The molecule has 0 radical (unpaired) electrons. The van der Waals surface area contributed by atoms with Gasteiger partial charge in [0.15, 0.2) is 0 Å². The Morgan fingerprint density at radius 3 is 2.53 bits per heavy atom. The zero-order valence-corrected chi connectivity index (χ0v) is 11.7. The molecule has 0 saturated heterocycles. The highest BCUT2D eigenvalue weighted by atomic mass is 32.1. The van der Waals surface area contributed by atoms with Crippen molar-refractivity contribution in [1.82, 2.24) is 9.13 Å². The van der Waals surface area contributed by atoms with Gasteiger partial charge in [-0.3, -0.25) is 13.9 Å². The van der Waals surface area contributed by atoms with Crippen LogP contribution in [0.4, 0.5) is 0 Å². The molecule has 2 heterocycles. The van der Waals surface area contributed by atoms with Crippen LogP contribution in [0.15, 0.2) is 9.59 Å². The van der Waals surface area contributed by atoms with Gasteiger partial charge in [0.05, 0.1) is 10.9 Å². The lowest BCUT2D eigenvalue weighted by Gasteiger charge is -2.07. The van der Waals surface area contributed by atoms with Crippen molar-refractivity contribution in [3.63, 3.8) is 0 Å². The third kappa shape index (κ3) is 1.90. The highest BCUT2D eigenvalue weighted by Gasteiger charge is 2.22. The molecule has 0 aliphatic carbocycles. The van der Waals surface area contributed by atoms with Gasteiger partial charge in [-0.25, -0.2) is 9.59 Å². The summed E-state index contributed by atoms with van der Waals surface area (Å²) in [7, 11) is 1.37. The maximum atomic E-state index is 12.1. The normalized spacial score (nSPS) is 11.1. The number of thiophene rings is 1. The third-order valence-corrected chi connectivity index (χ3v) is 4.14. The van der Waals surface area contributed by atoms with Gasteiger partial charge in [0.1, 0.15) is 4.83 Å². The number of aryl methyl sites for hydroxylation is 2. The lowest BCUT2D eigenvalue weighted by molar-refractivity contribution is 0.0698. The van der Waals surface area contributed by atoms with Gasteiger partial charge in [-0.2, -0.15) is 0 Å². The summed E-state index contributed by atoms with van der Waals surface area (Å²) in [6.45, 7) is 4.03. The molecule has 0 aliphatic rings. The summed E-state index contributed by atoms with van der Waals surface area (Å²) in [5.41, 5.74) is -0.947. The van der Waals surface area contributed by atoms with E-state index < -0.39 is 17.2 Å². The van der Waals surface area contributed by atoms with E-state index in [0.717, 1.165) is 11.0 Å². The van der Waals surface area contributed by atoms with Crippen molar-refractivity contribution in [1.29, 1.82) is 0 Å². The molecule has 0 bridgehead atoms. The molecular weight excluding hydrogens is 268 g/mol. The highest BCUT2D eigenvalue weighted by molar-refractivity contribution is 7.19. The molecule has 0 fully saturated rings. The predicted molar refractivity (Wildman–Crippen MR) is 73.3 cm³/mol. The van der Waals surface area contributed by atoms with Gasteiger partial charge in [-0.15, -0.1) is 11.3 Å². The SMILES string of the molecule is CCCn1c(=O)n(C)c(=O)c2c(C(=O)O)c(C)sc21. The molecule has 0 amide bonds. The Bertz CT molecular complexity index is 782.